The number of fused-ring (bicyclic) bond motifs is 1. The van der Waals surface area contributed by atoms with Gasteiger partial charge in [0.25, 0.3) is 11.8 Å². The molecule has 2 heterocycles. The molecule has 0 saturated carbocycles. The number of carbonyl (C=O) groups excluding carboxylic acids is 3. The Morgan fingerprint density at radius 2 is 1.71 bits per heavy atom. The molecule has 6 nitrogen and oxygen atoms in total. The monoisotopic (exact) mass is 296 g/mol. The molecule has 3 atom stereocenters. The van der Waals surface area contributed by atoms with E-state index in [-0.39, 0.29) is 23.6 Å². The normalized spacial score (nSPS) is 25.5. The standard InChI is InChI=1S/C15H24N2O4/c1-8(2)5-6-16-13(18)10(7-9(3)4)17-14(19)11-12(21-11)15(17)20/h8-12H,5-7H2,1-4H3,(H,16,18)/t10-,11-,12-/m0/s1. The third-order valence-electron chi connectivity index (χ3n) is 3.78. The topological polar surface area (TPSA) is 79.0 Å². The van der Waals surface area contributed by atoms with Crippen LogP contribution in [0.15, 0.2) is 0 Å². The van der Waals surface area contributed by atoms with Crippen molar-refractivity contribution in [1.82, 2.24) is 10.2 Å². The van der Waals surface area contributed by atoms with Crippen molar-refractivity contribution in [3.8, 4) is 0 Å². The molecular formula is C15H24N2O4. The smallest absolute Gasteiger partial charge is 0.262 e. The Kier molecular flexibility index (Phi) is 4.66. The molecule has 0 aromatic rings. The average Bonchev–Trinajstić information content (AvgIpc) is 3.12. The summed E-state index contributed by atoms with van der Waals surface area (Å²) in [7, 11) is 0. The fourth-order valence-corrected chi connectivity index (χ4v) is 2.56. The van der Waals surface area contributed by atoms with Crippen molar-refractivity contribution in [1.29, 1.82) is 0 Å². The van der Waals surface area contributed by atoms with E-state index >= 15 is 0 Å². The molecule has 0 bridgehead atoms. The number of imide groups is 1. The number of rotatable bonds is 7. The second-order valence-electron chi connectivity index (χ2n) is 6.64. The number of amides is 3. The van der Waals surface area contributed by atoms with Crippen LogP contribution in [0.3, 0.4) is 0 Å². The van der Waals surface area contributed by atoms with Crippen LogP contribution < -0.4 is 5.32 Å². The van der Waals surface area contributed by atoms with Gasteiger partial charge in [0.15, 0.2) is 12.2 Å². The molecule has 0 aliphatic carbocycles. The fraction of sp³-hybridized carbons (Fsp3) is 0.800. The number of nitrogens with zero attached hydrogens (tertiary/aromatic N) is 1. The zero-order chi connectivity index (χ0) is 15.7. The van der Waals surface area contributed by atoms with Gasteiger partial charge in [0.1, 0.15) is 6.04 Å². The number of ether oxygens (including phenoxy) is 1. The first kappa shape index (κ1) is 15.9. The van der Waals surface area contributed by atoms with Gasteiger partial charge in [0, 0.05) is 6.54 Å². The van der Waals surface area contributed by atoms with E-state index in [1.54, 1.807) is 0 Å². The maximum Gasteiger partial charge on any atom is 0.262 e. The van der Waals surface area contributed by atoms with E-state index in [1.165, 1.54) is 0 Å². The highest BCUT2D eigenvalue weighted by atomic mass is 16.6. The summed E-state index contributed by atoms with van der Waals surface area (Å²) in [6, 6.07) is -0.714. The molecule has 0 aromatic heterocycles. The summed E-state index contributed by atoms with van der Waals surface area (Å²) >= 11 is 0. The highest BCUT2D eigenvalue weighted by molar-refractivity contribution is 6.13. The minimum absolute atomic E-state index is 0.212. The Hall–Kier alpha value is -1.43. The van der Waals surface area contributed by atoms with Gasteiger partial charge in [0.05, 0.1) is 0 Å². The summed E-state index contributed by atoms with van der Waals surface area (Å²) in [6.45, 7) is 8.66. The lowest BCUT2D eigenvalue weighted by atomic mass is 10.0. The van der Waals surface area contributed by atoms with Gasteiger partial charge >= 0.3 is 0 Å². The van der Waals surface area contributed by atoms with Crippen LogP contribution in [0.4, 0.5) is 0 Å². The third-order valence-corrected chi connectivity index (χ3v) is 3.78. The first-order valence-electron chi connectivity index (χ1n) is 7.63. The van der Waals surface area contributed by atoms with Crippen molar-refractivity contribution in [2.24, 2.45) is 11.8 Å². The van der Waals surface area contributed by atoms with Crippen LogP contribution in [0, 0.1) is 11.8 Å². The SMILES string of the molecule is CC(C)CCNC(=O)[C@H](CC(C)C)N1C(=O)[C@H]2O[C@@H]2C1=O. The van der Waals surface area contributed by atoms with Gasteiger partial charge in [-0.2, -0.15) is 0 Å². The van der Waals surface area contributed by atoms with E-state index < -0.39 is 18.2 Å². The lowest BCUT2D eigenvalue weighted by Gasteiger charge is -2.27. The molecule has 118 valence electrons. The van der Waals surface area contributed by atoms with E-state index in [1.807, 2.05) is 13.8 Å². The molecule has 0 spiro atoms. The van der Waals surface area contributed by atoms with Crippen LogP contribution in [-0.2, 0) is 19.1 Å². The Morgan fingerprint density at radius 3 is 2.19 bits per heavy atom. The van der Waals surface area contributed by atoms with Crippen LogP contribution in [0.1, 0.15) is 40.5 Å². The third kappa shape index (κ3) is 3.43. The van der Waals surface area contributed by atoms with Crippen LogP contribution in [-0.4, -0.2) is 47.4 Å². The number of carbonyl (C=O) groups is 3. The lowest BCUT2D eigenvalue weighted by molar-refractivity contribution is -0.152. The van der Waals surface area contributed by atoms with E-state index in [4.69, 9.17) is 4.74 Å². The molecule has 21 heavy (non-hydrogen) atoms. The molecule has 3 amide bonds. The van der Waals surface area contributed by atoms with E-state index in [0.29, 0.717) is 18.9 Å². The molecule has 0 radical (unpaired) electrons. The van der Waals surface area contributed by atoms with Crippen molar-refractivity contribution in [3.63, 3.8) is 0 Å². The van der Waals surface area contributed by atoms with Crippen molar-refractivity contribution in [2.75, 3.05) is 6.54 Å². The van der Waals surface area contributed by atoms with Crippen LogP contribution >= 0.6 is 0 Å². The van der Waals surface area contributed by atoms with Crippen molar-refractivity contribution >= 4 is 17.7 Å². The molecular weight excluding hydrogens is 272 g/mol. The summed E-state index contributed by atoms with van der Waals surface area (Å²) in [5.74, 6) is -0.272. The zero-order valence-electron chi connectivity index (χ0n) is 13.1. The average molecular weight is 296 g/mol. The molecule has 2 saturated heterocycles. The number of hydrogen-bond donors (Lipinski definition) is 1. The van der Waals surface area contributed by atoms with E-state index in [2.05, 4.69) is 19.2 Å². The maximum absolute atomic E-state index is 12.4. The van der Waals surface area contributed by atoms with Gasteiger partial charge in [0.2, 0.25) is 5.91 Å². The first-order valence-corrected chi connectivity index (χ1v) is 7.63. The molecule has 0 aromatic carbocycles. The molecule has 0 unspecified atom stereocenters. The van der Waals surface area contributed by atoms with Crippen LogP contribution in [0.2, 0.25) is 0 Å². The number of epoxide rings is 1. The molecule has 2 aliphatic rings. The van der Waals surface area contributed by atoms with E-state index in [0.717, 1.165) is 11.3 Å². The molecule has 2 rings (SSSR count). The fourth-order valence-electron chi connectivity index (χ4n) is 2.56. The quantitative estimate of drug-likeness (QED) is 0.554. The van der Waals surface area contributed by atoms with Crippen molar-refractivity contribution < 1.29 is 19.1 Å². The van der Waals surface area contributed by atoms with Gasteiger partial charge in [-0.05, 0) is 24.7 Å². The number of nitrogens with one attached hydrogen (secondary N) is 1. The molecule has 6 heteroatoms. The predicted octanol–water partition coefficient (Wildman–Crippen LogP) is 0.700. The minimum atomic E-state index is -0.714. The molecule has 1 N–H and O–H groups in total. The van der Waals surface area contributed by atoms with Crippen molar-refractivity contribution in [3.05, 3.63) is 0 Å². The highest BCUT2D eigenvalue weighted by Crippen LogP contribution is 2.35. The molecule has 2 aliphatic heterocycles. The predicted molar refractivity (Wildman–Crippen MR) is 76.2 cm³/mol. The maximum atomic E-state index is 12.4. The summed E-state index contributed by atoms with van der Waals surface area (Å²) in [4.78, 5) is 37.6. The Labute approximate surface area is 125 Å². The Balaban J connectivity index is 2.02. The summed E-state index contributed by atoms with van der Waals surface area (Å²) in [6.07, 6.45) is 0.0622. The number of hydrogen-bond acceptors (Lipinski definition) is 4. The van der Waals surface area contributed by atoms with Gasteiger partial charge < -0.3 is 10.1 Å². The summed E-state index contributed by atoms with van der Waals surface area (Å²) in [5, 5.41) is 2.84. The van der Waals surface area contributed by atoms with Crippen LogP contribution in [0.5, 0.6) is 0 Å². The van der Waals surface area contributed by atoms with Crippen molar-refractivity contribution in [2.45, 2.75) is 58.8 Å². The first-order chi connectivity index (χ1) is 9.82. The van der Waals surface area contributed by atoms with E-state index in [9.17, 15) is 14.4 Å². The summed E-state index contributed by atoms with van der Waals surface area (Å²) < 4.78 is 4.98. The second-order valence-corrected chi connectivity index (χ2v) is 6.64. The summed E-state index contributed by atoms with van der Waals surface area (Å²) in [5.41, 5.74) is 0. The Bertz CT molecular complexity index is 427. The van der Waals surface area contributed by atoms with Gasteiger partial charge in [-0.15, -0.1) is 0 Å². The van der Waals surface area contributed by atoms with Crippen LogP contribution in [0.25, 0.3) is 0 Å². The Morgan fingerprint density at radius 1 is 1.14 bits per heavy atom. The zero-order valence-corrected chi connectivity index (χ0v) is 13.1. The van der Waals surface area contributed by atoms with Gasteiger partial charge in [-0.25, -0.2) is 0 Å². The number of morpholine rings is 1. The van der Waals surface area contributed by atoms with Gasteiger partial charge in [-0.3, -0.25) is 19.3 Å². The van der Waals surface area contributed by atoms with Gasteiger partial charge in [-0.1, -0.05) is 27.7 Å². The highest BCUT2D eigenvalue weighted by Gasteiger charge is 2.63. The lowest BCUT2D eigenvalue weighted by Crippen LogP contribution is -2.52. The molecule has 2 fully saturated rings. The second kappa shape index (κ2) is 6.13. The largest absolute Gasteiger partial charge is 0.354 e. The minimum Gasteiger partial charge on any atom is -0.354 e. The number of likely N-dealkylation sites (tertiary alicyclic amines) is 1.